The molecule has 1 aromatic heterocycles. The minimum Gasteiger partial charge on any atom is -0.416 e. The van der Waals surface area contributed by atoms with Gasteiger partial charge in [0.05, 0.1) is 5.75 Å². The highest BCUT2D eigenvalue weighted by molar-refractivity contribution is 7.99. The SMILES string of the molecule is Cc1nnc(SCC(=O)NC2CCCC2)o1. The summed E-state index contributed by atoms with van der Waals surface area (Å²) < 4.78 is 5.16. The Kier molecular flexibility index (Phi) is 3.82. The smallest absolute Gasteiger partial charge is 0.277 e. The molecule has 16 heavy (non-hydrogen) atoms. The zero-order valence-electron chi connectivity index (χ0n) is 9.23. The minimum atomic E-state index is 0.0488. The van der Waals surface area contributed by atoms with Crippen LogP contribution in [0.3, 0.4) is 0 Å². The van der Waals surface area contributed by atoms with Crippen molar-refractivity contribution >= 4 is 17.7 Å². The van der Waals surface area contributed by atoms with Gasteiger partial charge in [0.2, 0.25) is 11.8 Å². The third-order valence-electron chi connectivity index (χ3n) is 2.55. The maximum absolute atomic E-state index is 11.6. The first-order valence-electron chi connectivity index (χ1n) is 5.46. The number of hydrogen-bond acceptors (Lipinski definition) is 5. The largest absolute Gasteiger partial charge is 0.416 e. The fraction of sp³-hybridized carbons (Fsp3) is 0.700. The lowest BCUT2D eigenvalue weighted by molar-refractivity contribution is -0.119. The Labute approximate surface area is 98.4 Å². The number of amides is 1. The van der Waals surface area contributed by atoms with Gasteiger partial charge in [-0.3, -0.25) is 4.79 Å². The zero-order valence-corrected chi connectivity index (χ0v) is 10.0. The summed E-state index contributed by atoms with van der Waals surface area (Å²) in [6, 6.07) is 0.373. The number of nitrogens with one attached hydrogen (secondary N) is 1. The first kappa shape index (κ1) is 11.4. The minimum absolute atomic E-state index is 0.0488. The number of carbonyl (C=O) groups is 1. The van der Waals surface area contributed by atoms with E-state index in [9.17, 15) is 4.79 Å². The van der Waals surface area contributed by atoms with Gasteiger partial charge >= 0.3 is 0 Å². The zero-order chi connectivity index (χ0) is 11.4. The van der Waals surface area contributed by atoms with Crippen molar-refractivity contribution in [3.8, 4) is 0 Å². The standard InChI is InChI=1S/C10H15N3O2S/c1-7-12-13-10(15-7)16-6-9(14)11-8-4-2-3-5-8/h8H,2-6H2,1H3,(H,11,14). The molecule has 1 N–H and O–H groups in total. The Morgan fingerprint density at radius 3 is 2.88 bits per heavy atom. The predicted molar refractivity (Wildman–Crippen MR) is 60.2 cm³/mol. The van der Waals surface area contributed by atoms with Crippen LogP contribution in [-0.4, -0.2) is 27.9 Å². The number of nitrogens with zero attached hydrogens (tertiary/aromatic N) is 2. The van der Waals surface area contributed by atoms with E-state index in [0.717, 1.165) is 12.8 Å². The molecule has 88 valence electrons. The van der Waals surface area contributed by atoms with Crippen molar-refractivity contribution < 1.29 is 9.21 Å². The normalized spacial score (nSPS) is 16.6. The molecule has 0 aromatic carbocycles. The number of hydrogen-bond donors (Lipinski definition) is 1. The van der Waals surface area contributed by atoms with Crippen LogP contribution < -0.4 is 5.32 Å². The van der Waals surface area contributed by atoms with Crippen LogP contribution in [0.25, 0.3) is 0 Å². The van der Waals surface area contributed by atoms with Gasteiger partial charge in [-0.15, -0.1) is 10.2 Å². The Morgan fingerprint density at radius 2 is 2.25 bits per heavy atom. The van der Waals surface area contributed by atoms with Crippen LogP contribution in [0, 0.1) is 6.92 Å². The van der Waals surface area contributed by atoms with E-state index in [1.165, 1.54) is 24.6 Å². The molecule has 0 aliphatic heterocycles. The summed E-state index contributed by atoms with van der Waals surface area (Å²) in [5.74, 6) is 0.921. The Balaban J connectivity index is 1.71. The van der Waals surface area contributed by atoms with Crippen LogP contribution in [0.1, 0.15) is 31.6 Å². The van der Waals surface area contributed by atoms with Crippen LogP contribution in [0.5, 0.6) is 0 Å². The van der Waals surface area contributed by atoms with Crippen LogP contribution in [0.2, 0.25) is 0 Å². The number of carbonyl (C=O) groups excluding carboxylic acids is 1. The molecule has 5 nitrogen and oxygen atoms in total. The van der Waals surface area contributed by atoms with Crippen LogP contribution in [-0.2, 0) is 4.79 Å². The Bertz CT molecular complexity index is 361. The molecule has 1 aliphatic carbocycles. The second-order valence-corrected chi connectivity index (χ2v) is 4.85. The summed E-state index contributed by atoms with van der Waals surface area (Å²) in [6.45, 7) is 1.73. The highest BCUT2D eigenvalue weighted by Crippen LogP contribution is 2.19. The molecule has 0 atom stereocenters. The van der Waals surface area contributed by atoms with Gasteiger partial charge in [0.1, 0.15) is 0 Å². The number of thioether (sulfide) groups is 1. The van der Waals surface area contributed by atoms with Crippen molar-refractivity contribution in [2.45, 2.75) is 43.9 Å². The highest BCUT2D eigenvalue weighted by Gasteiger charge is 2.17. The molecule has 6 heteroatoms. The molecule has 1 amide bonds. The molecule has 0 spiro atoms. The van der Waals surface area contributed by atoms with E-state index in [0.29, 0.717) is 22.9 Å². The van der Waals surface area contributed by atoms with Gasteiger partial charge in [-0.05, 0) is 12.8 Å². The lowest BCUT2D eigenvalue weighted by Crippen LogP contribution is -2.33. The maximum Gasteiger partial charge on any atom is 0.277 e. The molecular formula is C10H15N3O2S. The predicted octanol–water partition coefficient (Wildman–Crippen LogP) is 1.53. The van der Waals surface area contributed by atoms with Crippen molar-refractivity contribution in [2.75, 3.05) is 5.75 Å². The summed E-state index contributed by atoms with van der Waals surface area (Å²) in [5.41, 5.74) is 0. The third-order valence-corrected chi connectivity index (χ3v) is 3.37. The number of aryl methyl sites for hydroxylation is 1. The molecule has 0 saturated heterocycles. The van der Waals surface area contributed by atoms with Crippen LogP contribution in [0.4, 0.5) is 0 Å². The second-order valence-electron chi connectivity index (χ2n) is 3.92. The summed E-state index contributed by atoms with van der Waals surface area (Å²) >= 11 is 1.28. The number of aromatic nitrogens is 2. The molecule has 1 saturated carbocycles. The van der Waals surface area contributed by atoms with Gasteiger partial charge in [0.15, 0.2) is 0 Å². The quantitative estimate of drug-likeness (QED) is 0.810. The average Bonchev–Trinajstić information content (AvgIpc) is 2.87. The van der Waals surface area contributed by atoms with Gasteiger partial charge < -0.3 is 9.73 Å². The summed E-state index contributed by atoms with van der Waals surface area (Å²) in [5, 5.41) is 11.0. The topological polar surface area (TPSA) is 68.0 Å². The monoisotopic (exact) mass is 241 g/mol. The van der Waals surface area contributed by atoms with E-state index in [2.05, 4.69) is 15.5 Å². The van der Waals surface area contributed by atoms with Gasteiger partial charge in [-0.2, -0.15) is 0 Å². The summed E-state index contributed by atoms with van der Waals surface area (Å²) in [7, 11) is 0. The first-order valence-corrected chi connectivity index (χ1v) is 6.45. The number of rotatable bonds is 4. The fourth-order valence-electron chi connectivity index (χ4n) is 1.80. The molecule has 0 radical (unpaired) electrons. The van der Waals surface area contributed by atoms with E-state index in [1.54, 1.807) is 6.92 Å². The summed E-state index contributed by atoms with van der Waals surface area (Å²) in [6.07, 6.45) is 4.66. The van der Waals surface area contributed by atoms with Crippen molar-refractivity contribution in [1.82, 2.24) is 15.5 Å². The molecule has 2 rings (SSSR count). The molecule has 1 fully saturated rings. The maximum atomic E-state index is 11.6. The first-order chi connectivity index (χ1) is 7.74. The lowest BCUT2D eigenvalue weighted by atomic mass is 10.2. The van der Waals surface area contributed by atoms with Gasteiger partial charge in [-0.25, -0.2) is 0 Å². The van der Waals surface area contributed by atoms with Crippen molar-refractivity contribution in [3.05, 3.63) is 5.89 Å². The molecule has 1 aliphatic rings. The molecular weight excluding hydrogens is 226 g/mol. The van der Waals surface area contributed by atoms with E-state index >= 15 is 0 Å². The van der Waals surface area contributed by atoms with Crippen LogP contribution in [0.15, 0.2) is 9.64 Å². The van der Waals surface area contributed by atoms with Gasteiger partial charge in [-0.1, -0.05) is 24.6 Å². The molecule has 0 bridgehead atoms. The van der Waals surface area contributed by atoms with Crippen molar-refractivity contribution in [2.24, 2.45) is 0 Å². The Morgan fingerprint density at radius 1 is 1.50 bits per heavy atom. The molecule has 0 unspecified atom stereocenters. The molecule has 1 heterocycles. The van der Waals surface area contributed by atoms with E-state index in [-0.39, 0.29) is 5.91 Å². The average molecular weight is 241 g/mol. The van der Waals surface area contributed by atoms with Crippen molar-refractivity contribution in [1.29, 1.82) is 0 Å². The van der Waals surface area contributed by atoms with Gasteiger partial charge in [0.25, 0.3) is 5.22 Å². The second kappa shape index (κ2) is 5.34. The Hall–Kier alpha value is -1.04. The third kappa shape index (κ3) is 3.23. The van der Waals surface area contributed by atoms with E-state index < -0.39 is 0 Å². The van der Waals surface area contributed by atoms with E-state index in [1.807, 2.05) is 0 Å². The van der Waals surface area contributed by atoms with Crippen LogP contribution >= 0.6 is 11.8 Å². The highest BCUT2D eigenvalue weighted by atomic mass is 32.2. The fourth-order valence-corrected chi connectivity index (χ4v) is 2.42. The summed E-state index contributed by atoms with van der Waals surface area (Å²) in [4.78, 5) is 11.6. The van der Waals surface area contributed by atoms with E-state index in [4.69, 9.17) is 4.42 Å². The molecule has 1 aromatic rings. The van der Waals surface area contributed by atoms with Gasteiger partial charge in [0, 0.05) is 13.0 Å². The lowest BCUT2D eigenvalue weighted by Gasteiger charge is -2.10. The van der Waals surface area contributed by atoms with Crippen molar-refractivity contribution in [3.63, 3.8) is 0 Å².